The summed E-state index contributed by atoms with van der Waals surface area (Å²) in [5.74, 6) is 0.534. The van der Waals surface area contributed by atoms with Crippen molar-refractivity contribution < 1.29 is 14.3 Å². The third kappa shape index (κ3) is 9.15. The van der Waals surface area contributed by atoms with Crippen molar-refractivity contribution in [2.24, 2.45) is 16.6 Å². The van der Waals surface area contributed by atoms with Gasteiger partial charge in [0.15, 0.2) is 5.96 Å². The molecule has 1 aromatic rings. The largest absolute Gasteiger partial charge is 0.444 e. The van der Waals surface area contributed by atoms with Gasteiger partial charge in [-0.2, -0.15) is 0 Å². The number of nitrogens with two attached hydrogens (primary N) is 1. The van der Waals surface area contributed by atoms with Crippen LogP contribution in [0.25, 0.3) is 0 Å². The summed E-state index contributed by atoms with van der Waals surface area (Å²) >= 11 is 0. The van der Waals surface area contributed by atoms with Crippen LogP contribution in [-0.4, -0.2) is 55.1 Å². The number of carbonyl (C=O) groups is 2. The Hall–Kier alpha value is -2.77. The molecular formula is C22H37N5O3. The van der Waals surface area contributed by atoms with Crippen LogP contribution in [0.2, 0.25) is 0 Å². The number of nitrogens with one attached hydrogen (secondary N) is 2. The van der Waals surface area contributed by atoms with E-state index in [0.29, 0.717) is 18.7 Å². The smallest absolute Gasteiger partial charge is 0.407 e. The van der Waals surface area contributed by atoms with Crippen LogP contribution in [0.15, 0.2) is 29.3 Å². The average Bonchev–Trinajstić information content (AvgIpc) is 2.64. The van der Waals surface area contributed by atoms with Gasteiger partial charge in [0, 0.05) is 38.8 Å². The molecule has 0 fully saturated rings. The van der Waals surface area contributed by atoms with Crippen LogP contribution in [0.5, 0.6) is 0 Å². The highest BCUT2D eigenvalue weighted by Gasteiger charge is 2.22. The summed E-state index contributed by atoms with van der Waals surface area (Å²) in [6.45, 7) is 10.9. The minimum absolute atomic E-state index is 0.0207. The number of amides is 2. The fourth-order valence-electron chi connectivity index (χ4n) is 2.87. The van der Waals surface area contributed by atoms with E-state index in [1.165, 1.54) is 0 Å². The Morgan fingerprint density at radius 2 is 1.93 bits per heavy atom. The number of ether oxygens (including phenoxy) is 1. The molecule has 1 atom stereocenters. The first-order valence-corrected chi connectivity index (χ1v) is 10.2. The molecule has 0 aliphatic rings. The molecule has 8 heteroatoms. The molecule has 1 rings (SSSR count). The minimum atomic E-state index is -0.528. The van der Waals surface area contributed by atoms with Crippen molar-refractivity contribution >= 4 is 18.0 Å². The number of aliphatic imine (C=N–C) groups is 1. The number of nitrogens with zero attached hydrogens (tertiary/aromatic N) is 2. The van der Waals surface area contributed by atoms with Crippen molar-refractivity contribution in [1.82, 2.24) is 15.5 Å². The fraction of sp³-hybridized carbons (Fsp3) is 0.591. The predicted molar refractivity (Wildman–Crippen MR) is 120 cm³/mol. The Bertz CT molecular complexity index is 741. The Morgan fingerprint density at radius 1 is 1.27 bits per heavy atom. The number of guanidine groups is 1. The molecule has 168 valence electrons. The van der Waals surface area contributed by atoms with E-state index >= 15 is 0 Å². The highest BCUT2D eigenvalue weighted by molar-refractivity contribution is 5.92. The third-order valence-corrected chi connectivity index (χ3v) is 4.52. The highest BCUT2D eigenvalue weighted by atomic mass is 16.6. The van der Waals surface area contributed by atoms with Gasteiger partial charge in [-0.05, 0) is 50.8 Å². The predicted octanol–water partition coefficient (Wildman–Crippen LogP) is 2.73. The second-order valence-corrected chi connectivity index (χ2v) is 8.67. The number of carbonyl (C=O) groups excluding carboxylic acids is 2. The van der Waals surface area contributed by atoms with Gasteiger partial charge in [-0.15, -0.1) is 0 Å². The zero-order chi connectivity index (χ0) is 22.9. The maximum absolute atomic E-state index is 12.1. The molecular weight excluding hydrogens is 382 g/mol. The first-order chi connectivity index (χ1) is 13.9. The van der Waals surface area contributed by atoms with Crippen molar-refractivity contribution in [3.8, 4) is 0 Å². The number of hydrogen-bond acceptors (Lipinski definition) is 4. The SMILES string of the molecule is CN=C(NCc1cccc(C(N)=O)c1)N(C)CCC(NC(=O)OC(C)(C)C)C(C)C. The lowest BCUT2D eigenvalue weighted by Gasteiger charge is -2.28. The zero-order valence-corrected chi connectivity index (χ0v) is 19.3. The van der Waals surface area contributed by atoms with E-state index in [4.69, 9.17) is 10.5 Å². The molecule has 0 aromatic heterocycles. The van der Waals surface area contributed by atoms with Gasteiger partial charge in [-0.1, -0.05) is 26.0 Å². The molecule has 1 aromatic carbocycles. The molecule has 0 aliphatic heterocycles. The lowest BCUT2D eigenvalue weighted by molar-refractivity contribution is 0.0485. The van der Waals surface area contributed by atoms with Gasteiger partial charge in [0.25, 0.3) is 0 Å². The molecule has 0 saturated heterocycles. The topological polar surface area (TPSA) is 109 Å². The summed E-state index contributed by atoms with van der Waals surface area (Å²) in [5, 5.41) is 6.26. The van der Waals surface area contributed by atoms with E-state index < -0.39 is 17.6 Å². The molecule has 30 heavy (non-hydrogen) atoms. The van der Waals surface area contributed by atoms with Gasteiger partial charge in [-0.25, -0.2) is 4.79 Å². The molecule has 0 aliphatic carbocycles. The van der Waals surface area contributed by atoms with Gasteiger partial charge < -0.3 is 26.0 Å². The van der Waals surface area contributed by atoms with Crippen molar-refractivity contribution in [2.75, 3.05) is 20.6 Å². The summed E-state index contributed by atoms with van der Waals surface area (Å²) in [4.78, 5) is 29.8. The number of primary amides is 1. The number of rotatable bonds is 8. The van der Waals surface area contributed by atoms with Crippen molar-refractivity contribution in [3.63, 3.8) is 0 Å². The Morgan fingerprint density at radius 3 is 2.47 bits per heavy atom. The normalized spacial score (nSPS) is 13.0. The number of hydrogen-bond donors (Lipinski definition) is 3. The molecule has 2 amide bonds. The van der Waals surface area contributed by atoms with Crippen LogP contribution in [0, 0.1) is 5.92 Å². The number of alkyl carbamates (subject to hydrolysis) is 1. The van der Waals surface area contributed by atoms with Crippen LogP contribution in [0.4, 0.5) is 4.79 Å². The summed E-state index contributed by atoms with van der Waals surface area (Å²) in [6, 6.07) is 7.16. The molecule has 0 saturated carbocycles. The summed E-state index contributed by atoms with van der Waals surface area (Å²) in [7, 11) is 3.66. The van der Waals surface area contributed by atoms with Gasteiger partial charge in [0.05, 0.1) is 0 Å². The molecule has 1 unspecified atom stereocenters. The first-order valence-electron chi connectivity index (χ1n) is 10.2. The Labute approximate surface area is 180 Å². The van der Waals surface area contributed by atoms with Crippen LogP contribution >= 0.6 is 0 Å². The van der Waals surface area contributed by atoms with Crippen LogP contribution in [0.1, 0.15) is 57.0 Å². The molecule has 0 radical (unpaired) electrons. The number of benzene rings is 1. The minimum Gasteiger partial charge on any atom is -0.444 e. The van der Waals surface area contributed by atoms with Crippen molar-refractivity contribution in [2.45, 2.75) is 59.2 Å². The second-order valence-electron chi connectivity index (χ2n) is 8.67. The first kappa shape index (κ1) is 25.3. The van der Waals surface area contributed by atoms with Gasteiger partial charge in [0.2, 0.25) is 5.91 Å². The summed E-state index contributed by atoms with van der Waals surface area (Å²) in [5.41, 5.74) is 6.23. The summed E-state index contributed by atoms with van der Waals surface area (Å²) < 4.78 is 5.38. The van der Waals surface area contributed by atoms with Crippen molar-refractivity contribution in [1.29, 1.82) is 0 Å². The van der Waals surface area contributed by atoms with Crippen molar-refractivity contribution in [3.05, 3.63) is 35.4 Å². The van der Waals surface area contributed by atoms with E-state index in [1.807, 2.05) is 38.8 Å². The van der Waals surface area contributed by atoms with Gasteiger partial charge in [-0.3, -0.25) is 9.79 Å². The molecule has 0 heterocycles. The Kier molecular flexibility index (Phi) is 9.62. The van der Waals surface area contributed by atoms with Crippen LogP contribution in [-0.2, 0) is 11.3 Å². The van der Waals surface area contributed by atoms with Crippen LogP contribution < -0.4 is 16.4 Å². The maximum atomic E-state index is 12.1. The average molecular weight is 420 g/mol. The van der Waals surface area contributed by atoms with E-state index in [1.54, 1.807) is 25.2 Å². The molecule has 4 N–H and O–H groups in total. The van der Waals surface area contributed by atoms with E-state index in [-0.39, 0.29) is 12.0 Å². The van der Waals surface area contributed by atoms with E-state index in [9.17, 15) is 9.59 Å². The fourth-order valence-corrected chi connectivity index (χ4v) is 2.87. The molecule has 0 spiro atoms. The van der Waals surface area contributed by atoms with Crippen LogP contribution in [0.3, 0.4) is 0 Å². The monoisotopic (exact) mass is 419 g/mol. The maximum Gasteiger partial charge on any atom is 0.407 e. The third-order valence-electron chi connectivity index (χ3n) is 4.52. The zero-order valence-electron chi connectivity index (χ0n) is 19.3. The molecule has 0 bridgehead atoms. The lowest BCUT2D eigenvalue weighted by atomic mass is 10.0. The Balaban J connectivity index is 2.62. The van der Waals surface area contributed by atoms with Gasteiger partial charge >= 0.3 is 6.09 Å². The van der Waals surface area contributed by atoms with Gasteiger partial charge in [0.1, 0.15) is 5.60 Å². The highest BCUT2D eigenvalue weighted by Crippen LogP contribution is 2.11. The quantitative estimate of drug-likeness (QED) is 0.443. The van der Waals surface area contributed by atoms with E-state index in [2.05, 4.69) is 29.5 Å². The lowest BCUT2D eigenvalue weighted by Crippen LogP contribution is -2.45. The standard InChI is InChI=1S/C22H37N5O3/c1-15(2)18(26-21(29)30-22(3,4)5)11-12-27(7)20(24-6)25-14-16-9-8-10-17(13-16)19(23)28/h8-10,13,15,18H,11-12,14H2,1-7H3,(H2,23,28)(H,24,25)(H,26,29). The van der Waals surface area contributed by atoms with E-state index in [0.717, 1.165) is 17.9 Å². The second kappa shape index (κ2) is 11.4. The molecule has 8 nitrogen and oxygen atoms in total. The summed E-state index contributed by atoms with van der Waals surface area (Å²) in [6.07, 6.45) is 0.339.